The molecule has 2 amide bonds. The number of likely N-dealkylation sites (tertiary alicyclic amines) is 1. The molecule has 1 N–H and O–H groups in total. The number of amides is 2. The zero-order chi connectivity index (χ0) is 18.8. The molecule has 7 heteroatoms. The van der Waals surface area contributed by atoms with Crippen LogP contribution in [-0.4, -0.2) is 38.6 Å². The van der Waals surface area contributed by atoms with Gasteiger partial charge in [-0.3, -0.25) is 0 Å². The number of hydrogen-bond acceptors (Lipinski definition) is 3. The average Bonchev–Trinajstić information content (AvgIpc) is 3.29. The maximum Gasteiger partial charge on any atom is 0.321 e. The summed E-state index contributed by atoms with van der Waals surface area (Å²) in [5.74, 6) is 1.26. The third-order valence-electron chi connectivity index (χ3n) is 4.92. The number of nitrogens with zero attached hydrogens (tertiary/aromatic N) is 4. The van der Waals surface area contributed by atoms with Crippen LogP contribution >= 0.6 is 11.6 Å². The predicted molar refractivity (Wildman–Crippen MR) is 107 cm³/mol. The zero-order valence-corrected chi connectivity index (χ0v) is 16.0. The first-order valence-corrected chi connectivity index (χ1v) is 9.66. The Morgan fingerprint density at radius 1 is 1.30 bits per heavy atom. The summed E-state index contributed by atoms with van der Waals surface area (Å²) in [4.78, 5) is 23.8. The van der Waals surface area contributed by atoms with Crippen molar-refractivity contribution in [1.29, 1.82) is 0 Å². The van der Waals surface area contributed by atoms with Gasteiger partial charge in [-0.25, -0.2) is 14.8 Å². The molecule has 27 heavy (non-hydrogen) atoms. The molecular weight excluding hydrogens is 362 g/mol. The number of carbonyl (C=O) groups is 1. The van der Waals surface area contributed by atoms with Crippen molar-refractivity contribution >= 4 is 34.5 Å². The summed E-state index contributed by atoms with van der Waals surface area (Å²) in [5, 5.41) is 3.59. The van der Waals surface area contributed by atoms with E-state index in [2.05, 4.69) is 21.8 Å². The van der Waals surface area contributed by atoms with Gasteiger partial charge in [0.25, 0.3) is 0 Å². The summed E-state index contributed by atoms with van der Waals surface area (Å²) in [5.41, 5.74) is 2.60. The molecule has 1 aromatic carbocycles. The van der Waals surface area contributed by atoms with Gasteiger partial charge < -0.3 is 14.8 Å². The SMILES string of the molecule is CCCn1c(C2CCN(C(=O)Nc3ccc(Cl)cc3)C2)nc2cccnc21. The van der Waals surface area contributed by atoms with Gasteiger partial charge in [0.1, 0.15) is 11.3 Å². The lowest BCUT2D eigenvalue weighted by atomic mass is 10.1. The number of halogens is 1. The highest BCUT2D eigenvalue weighted by atomic mass is 35.5. The molecule has 0 saturated carbocycles. The van der Waals surface area contributed by atoms with Crippen LogP contribution in [-0.2, 0) is 6.54 Å². The molecule has 3 heterocycles. The highest BCUT2D eigenvalue weighted by molar-refractivity contribution is 6.30. The van der Waals surface area contributed by atoms with Crippen LogP contribution in [0.4, 0.5) is 10.5 Å². The van der Waals surface area contributed by atoms with Crippen molar-refractivity contribution in [2.45, 2.75) is 32.2 Å². The molecule has 0 radical (unpaired) electrons. The number of anilines is 1. The number of urea groups is 1. The van der Waals surface area contributed by atoms with Gasteiger partial charge >= 0.3 is 6.03 Å². The van der Waals surface area contributed by atoms with E-state index in [1.165, 1.54) is 0 Å². The fraction of sp³-hybridized carbons (Fsp3) is 0.350. The molecule has 1 aliphatic rings. The molecule has 6 nitrogen and oxygen atoms in total. The van der Waals surface area contributed by atoms with Crippen LogP contribution in [0.5, 0.6) is 0 Å². The molecule has 3 aromatic rings. The van der Waals surface area contributed by atoms with Crippen LogP contribution in [0, 0.1) is 0 Å². The van der Waals surface area contributed by atoms with Crippen LogP contribution in [0.3, 0.4) is 0 Å². The molecule has 0 bridgehead atoms. The number of benzene rings is 1. The number of nitrogens with one attached hydrogen (secondary N) is 1. The molecule has 140 valence electrons. The first kappa shape index (κ1) is 17.8. The lowest BCUT2D eigenvalue weighted by molar-refractivity contribution is 0.222. The number of pyridine rings is 1. The van der Waals surface area contributed by atoms with Gasteiger partial charge in [0.05, 0.1) is 0 Å². The van der Waals surface area contributed by atoms with E-state index in [0.29, 0.717) is 18.1 Å². The quantitative estimate of drug-likeness (QED) is 0.720. The molecule has 1 aliphatic heterocycles. The Kier molecular flexibility index (Phi) is 4.99. The Morgan fingerprint density at radius 2 is 2.11 bits per heavy atom. The topological polar surface area (TPSA) is 63.1 Å². The minimum absolute atomic E-state index is 0.0869. The number of rotatable bonds is 4. The third-order valence-corrected chi connectivity index (χ3v) is 5.17. The minimum Gasteiger partial charge on any atom is -0.324 e. The third kappa shape index (κ3) is 3.62. The van der Waals surface area contributed by atoms with Gasteiger partial charge in [-0.15, -0.1) is 0 Å². The smallest absolute Gasteiger partial charge is 0.321 e. The Bertz CT molecular complexity index is 953. The van der Waals surface area contributed by atoms with E-state index in [9.17, 15) is 4.79 Å². The van der Waals surface area contributed by atoms with E-state index in [0.717, 1.165) is 42.1 Å². The second-order valence-electron chi connectivity index (χ2n) is 6.84. The summed E-state index contributed by atoms with van der Waals surface area (Å²) in [6.45, 7) is 4.41. The molecule has 0 aliphatic carbocycles. The van der Waals surface area contributed by atoms with Crippen molar-refractivity contribution in [2.75, 3.05) is 18.4 Å². The normalized spacial score (nSPS) is 16.8. The fourth-order valence-electron chi connectivity index (χ4n) is 3.62. The Hall–Kier alpha value is -2.60. The van der Waals surface area contributed by atoms with Crippen molar-refractivity contribution in [1.82, 2.24) is 19.4 Å². The summed E-state index contributed by atoms with van der Waals surface area (Å²) in [6, 6.07) is 11.0. The van der Waals surface area contributed by atoms with Crippen molar-refractivity contribution in [3.8, 4) is 0 Å². The van der Waals surface area contributed by atoms with Crippen LogP contribution in [0.1, 0.15) is 31.5 Å². The van der Waals surface area contributed by atoms with E-state index in [1.54, 1.807) is 30.5 Å². The van der Waals surface area contributed by atoms with Gasteiger partial charge in [0.15, 0.2) is 5.65 Å². The van der Waals surface area contributed by atoms with Gasteiger partial charge in [-0.1, -0.05) is 18.5 Å². The van der Waals surface area contributed by atoms with Gasteiger partial charge in [-0.2, -0.15) is 0 Å². The summed E-state index contributed by atoms with van der Waals surface area (Å²) in [6.07, 6.45) is 3.73. The number of fused-ring (bicyclic) bond motifs is 1. The Morgan fingerprint density at radius 3 is 2.89 bits per heavy atom. The Labute approximate surface area is 163 Å². The van der Waals surface area contributed by atoms with Gasteiger partial charge in [0.2, 0.25) is 0 Å². The maximum absolute atomic E-state index is 12.6. The average molecular weight is 384 g/mol. The standard InChI is InChI=1S/C20H22ClN5O/c1-2-11-26-18(24-17-4-3-10-22-19(17)26)14-9-12-25(13-14)20(27)23-16-7-5-15(21)6-8-16/h3-8,10,14H,2,9,11-13H2,1H3,(H,23,27). The monoisotopic (exact) mass is 383 g/mol. The van der Waals surface area contributed by atoms with Crippen LogP contribution in [0.2, 0.25) is 5.02 Å². The first-order valence-electron chi connectivity index (χ1n) is 9.28. The van der Waals surface area contributed by atoms with Crippen LogP contribution < -0.4 is 5.32 Å². The largest absolute Gasteiger partial charge is 0.324 e. The highest BCUT2D eigenvalue weighted by Gasteiger charge is 2.31. The van der Waals surface area contributed by atoms with E-state index < -0.39 is 0 Å². The molecule has 0 spiro atoms. The highest BCUT2D eigenvalue weighted by Crippen LogP contribution is 2.29. The van der Waals surface area contributed by atoms with Crippen molar-refractivity contribution in [3.05, 3.63) is 53.4 Å². The summed E-state index contributed by atoms with van der Waals surface area (Å²) < 4.78 is 2.21. The summed E-state index contributed by atoms with van der Waals surface area (Å²) >= 11 is 5.90. The maximum atomic E-state index is 12.6. The molecule has 1 fully saturated rings. The lowest BCUT2D eigenvalue weighted by Gasteiger charge is -2.18. The van der Waals surface area contributed by atoms with Crippen LogP contribution in [0.15, 0.2) is 42.6 Å². The second kappa shape index (κ2) is 7.56. The fourth-order valence-corrected chi connectivity index (χ4v) is 3.75. The lowest BCUT2D eigenvalue weighted by Crippen LogP contribution is -2.33. The Balaban J connectivity index is 1.51. The molecule has 2 aromatic heterocycles. The second-order valence-corrected chi connectivity index (χ2v) is 7.27. The van der Waals surface area contributed by atoms with Crippen molar-refractivity contribution in [3.63, 3.8) is 0 Å². The molecular formula is C20H22ClN5O. The first-order chi connectivity index (χ1) is 13.2. The number of carbonyl (C=O) groups excluding carboxylic acids is 1. The van der Waals surface area contributed by atoms with E-state index in [1.807, 2.05) is 17.0 Å². The van der Waals surface area contributed by atoms with Crippen molar-refractivity contribution in [2.24, 2.45) is 0 Å². The molecule has 1 unspecified atom stereocenters. The minimum atomic E-state index is -0.0869. The zero-order valence-electron chi connectivity index (χ0n) is 15.2. The number of hydrogen-bond donors (Lipinski definition) is 1. The summed E-state index contributed by atoms with van der Waals surface area (Å²) in [7, 11) is 0. The molecule has 4 rings (SSSR count). The van der Waals surface area contributed by atoms with E-state index in [4.69, 9.17) is 16.6 Å². The molecule has 1 saturated heterocycles. The van der Waals surface area contributed by atoms with E-state index in [-0.39, 0.29) is 11.9 Å². The van der Waals surface area contributed by atoms with Gasteiger partial charge in [0, 0.05) is 42.5 Å². The van der Waals surface area contributed by atoms with Gasteiger partial charge in [-0.05, 0) is 49.2 Å². The van der Waals surface area contributed by atoms with Crippen molar-refractivity contribution < 1.29 is 4.79 Å². The van der Waals surface area contributed by atoms with Crippen LogP contribution in [0.25, 0.3) is 11.2 Å². The number of aryl methyl sites for hydroxylation is 1. The number of aromatic nitrogens is 3. The number of imidazole rings is 1. The molecule has 1 atom stereocenters. The predicted octanol–water partition coefficient (Wildman–Crippen LogP) is 4.52. The van der Waals surface area contributed by atoms with E-state index >= 15 is 0 Å².